The van der Waals surface area contributed by atoms with E-state index in [9.17, 15) is 22.8 Å². The van der Waals surface area contributed by atoms with Crippen molar-refractivity contribution in [1.29, 1.82) is 0 Å². The average Bonchev–Trinajstić information content (AvgIpc) is 2.67. The Balaban J connectivity index is 2.06. The highest BCUT2D eigenvalue weighted by atomic mass is 32.2. The largest absolute Gasteiger partial charge is 0.446 e. The van der Waals surface area contributed by atoms with E-state index in [1.54, 1.807) is 32.0 Å². The molecular weight excluding hydrogens is 422 g/mol. The Kier molecular flexibility index (Phi) is 5.89. The third kappa shape index (κ3) is 4.76. The van der Waals surface area contributed by atoms with Crippen molar-refractivity contribution >= 4 is 38.7 Å². The van der Waals surface area contributed by atoms with Crippen LogP contribution < -0.4 is 0 Å². The van der Waals surface area contributed by atoms with Crippen molar-refractivity contribution in [3.8, 4) is 11.8 Å². The molecule has 162 valence electrons. The van der Waals surface area contributed by atoms with Crippen LogP contribution in [0.4, 0.5) is 0 Å². The van der Waals surface area contributed by atoms with E-state index < -0.39 is 27.5 Å². The summed E-state index contributed by atoms with van der Waals surface area (Å²) in [5, 5.41) is 1.14. The molecule has 0 aliphatic carbocycles. The number of benzene rings is 2. The third-order valence-corrected chi connectivity index (χ3v) is 4.82. The predicted molar refractivity (Wildman–Crippen MR) is 112 cm³/mol. The van der Waals surface area contributed by atoms with E-state index in [2.05, 4.69) is 16.1 Å². The second kappa shape index (κ2) is 8.13. The van der Waals surface area contributed by atoms with Crippen LogP contribution in [0, 0.1) is 11.8 Å². The minimum absolute atomic E-state index is 0.119. The van der Waals surface area contributed by atoms with Gasteiger partial charge in [-0.05, 0) is 43.9 Å². The normalized spacial score (nSPS) is 13.7. The second-order valence-corrected chi connectivity index (χ2v) is 9.11. The molecule has 0 atom stereocenters. The average molecular weight is 443 g/mol. The number of nitrogens with zero attached hydrogens (tertiary/aromatic N) is 1. The zero-order valence-corrected chi connectivity index (χ0v) is 18.3. The Labute approximate surface area is 180 Å². The van der Waals surface area contributed by atoms with Crippen molar-refractivity contribution in [2.24, 2.45) is 0 Å². The van der Waals surface area contributed by atoms with Gasteiger partial charge in [-0.25, -0.2) is 0 Å². The summed E-state index contributed by atoms with van der Waals surface area (Å²) in [5.41, 5.74) is -0.267. The van der Waals surface area contributed by atoms with Crippen LogP contribution in [-0.2, 0) is 23.9 Å². The summed E-state index contributed by atoms with van der Waals surface area (Å²) in [6, 6.07) is 7.83. The van der Waals surface area contributed by atoms with Crippen molar-refractivity contribution < 1.29 is 31.8 Å². The van der Waals surface area contributed by atoms with E-state index in [1.807, 2.05) is 6.92 Å². The smallest absolute Gasteiger partial charge is 0.307 e. The summed E-state index contributed by atoms with van der Waals surface area (Å²) in [6.45, 7) is 5.22. The monoisotopic (exact) mass is 443 g/mol. The van der Waals surface area contributed by atoms with E-state index in [0.717, 1.165) is 6.26 Å². The number of carbonyl (C=O) groups excluding carboxylic acids is 3. The maximum Gasteiger partial charge on any atom is 0.307 e. The number of ether oxygens (including phenoxy) is 1. The molecule has 0 spiro atoms. The fourth-order valence-corrected chi connectivity index (χ4v) is 3.58. The zero-order chi connectivity index (χ0) is 23.0. The third-order valence-electron chi connectivity index (χ3n) is 4.40. The molecule has 9 heteroatoms. The van der Waals surface area contributed by atoms with Gasteiger partial charge in [0.2, 0.25) is 0 Å². The molecule has 1 heterocycles. The molecule has 0 bridgehead atoms. The molecule has 31 heavy (non-hydrogen) atoms. The Morgan fingerprint density at radius 3 is 2.35 bits per heavy atom. The first-order valence-corrected chi connectivity index (χ1v) is 11.3. The van der Waals surface area contributed by atoms with Crippen LogP contribution in [-0.4, -0.2) is 43.1 Å². The van der Waals surface area contributed by atoms with Crippen molar-refractivity contribution in [1.82, 2.24) is 5.06 Å². The van der Waals surface area contributed by atoms with Gasteiger partial charge < -0.3 is 4.74 Å². The van der Waals surface area contributed by atoms with Gasteiger partial charge in [0.25, 0.3) is 21.9 Å². The number of esters is 1. The zero-order valence-electron chi connectivity index (χ0n) is 17.5. The standard InChI is InChI=1S/C22H21NO7S/c1-5-7-18(24)29-22(2,3)13-12-14-10-11-17-19-15(14)8-6-9-16(19)20(25)23(21(17)26)30-31(4,27)28/h6,8-11H,5,7H2,1-4H3. The molecule has 2 amide bonds. The van der Waals surface area contributed by atoms with E-state index in [0.29, 0.717) is 29.2 Å². The molecule has 8 nitrogen and oxygen atoms in total. The Morgan fingerprint density at radius 2 is 1.74 bits per heavy atom. The topological polar surface area (TPSA) is 107 Å². The van der Waals surface area contributed by atoms with Crippen LogP contribution in [0.15, 0.2) is 30.3 Å². The molecule has 0 saturated heterocycles. The SMILES string of the molecule is CCCC(=O)OC(C)(C)C#Cc1ccc2c3c(cccc13)C(=O)N(OS(C)(=O)=O)C2=O. The molecule has 0 unspecified atom stereocenters. The fraction of sp³-hybridized carbons (Fsp3) is 0.318. The van der Waals surface area contributed by atoms with Gasteiger partial charge in [0.15, 0.2) is 5.60 Å². The Hall–Kier alpha value is -3.22. The van der Waals surface area contributed by atoms with Gasteiger partial charge in [-0.2, -0.15) is 8.42 Å². The van der Waals surface area contributed by atoms with Crippen LogP contribution in [0.25, 0.3) is 10.8 Å². The molecule has 1 aliphatic rings. The predicted octanol–water partition coefficient (Wildman–Crippen LogP) is 2.80. The fourth-order valence-electron chi connectivity index (χ4n) is 3.17. The van der Waals surface area contributed by atoms with Crippen LogP contribution in [0.5, 0.6) is 0 Å². The Bertz CT molecular complexity index is 1240. The summed E-state index contributed by atoms with van der Waals surface area (Å²) in [7, 11) is -4.09. The van der Waals surface area contributed by atoms with E-state index in [-0.39, 0.29) is 22.2 Å². The number of hydroxylamine groups is 2. The van der Waals surface area contributed by atoms with Crippen molar-refractivity contribution in [3.63, 3.8) is 0 Å². The summed E-state index contributed by atoms with van der Waals surface area (Å²) >= 11 is 0. The molecule has 2 aromatic rings. The van der Waals surface area contributed by atoms with Crippen LogP contribution in [0.1, 0.15) is 59.9 Å². The highest BCUT2D eigenvalue weighted by molar-refractivity contribution is 7.85. The maximum absolute atomic E-state index is 12.7. The van der Waals surface area contributed by atoms with Crippen LogP contribution >= 0.6 is 0 Å². The molecule has 2 aromatic carbocycles. The highest BCUT2D eigenvalue weighted by Crippen LogP contribution is 2.32. The maximum atomic E-state index is 12.7. The molecule has 0 aromatic heterocycles. The van der Waals surface area contributed by atoms with Gasteiger partial charge in [-0.1, -0.05) is 30.9 Å². The molecule has 3 rings (SSSR count). The number of rotatable bonds is 5. The number of amides is 2. The van der Waals surface area contributed by atoms with Gasteiger partial charge in [0.05, 0.1) is 17.4 Å². The summed E-state index contributed by atoms with van der Waals surface area (Å²) in [6.07, 6.45) is 1.71. The minimum atomic E-state index is -4.09. The first-order chi connectivity index (χ1) is 14.4. The first kappa shape index (κ1) is 22.5. The van der Waals surface area contributed by atoms with Gasteiger partial charge >= 0.3 is 5.97 Å². The van der Waals surface area contributed by atoms with Crippen LogP contribution in [0.2, 0.25) is 0 Å². The lowest BCUT2D eigenvalue weighted by atomic mass is 9.92. The summed E-state index contributed by atoms with van der Waals surface area (Å²) in [5.74, 6) is 3.77. The number of hydrogen-bond acceptors (Lipinski definition) is 7. The Morgan fingerprint density at radius 1 is 1.10 bits per heavy atom. The summed E-state index contributed by atoms with van der Waals surface area (Å²) < 4.78 is 32.9. The van der Waals surface area contributed by atoms with Gasteiger partial charge in [0.1, 0.15) is 0 Å². The lowest BCUT2D eigenvalue weighted by Crippen LogP contribution is -2.41. The number of hydrogen-bond donors (Lipinski definition) is 0. The molecule has 0 saturated carbocycles. The van der Waals surface area contributed by atoms with Crippen molar-refractivity contribution in [2.75, 3.05) is 6.26 Å². The first-order valence-electron chi connectivity index (χ1n) is 9.52. The molecule has 0 radical (unpaired) electrons. The molecule has 0 fully saturated rings. The van der Waals surface area contributed by atoms with E-state index in [1.165, 1.54) is 12.1 Å². The molecular formula is C22H21NO7S. The molecule has 0 N–H and O–H groups in total. The molecule has 1 aliphatic heterocycles. The van der Waals surface area contributed by atoms with E-state index in [4.69, 9.17) is 4.74 Å². The van der Waals surface area contributed by atoms with Gasteiger partial charge in [-0.3, -0.25) is 14.4 Å². The van der Waals surface area contributed by atoms with E-state index >= 15 is 0 Å². The lowest BCUT2D eigenvalue weighted by molar-refractivity contribution is -0.151. The number of imide groups is 1. The van der Waals surface area contributed by atoms with Crippen molar-refractivity contribution in [2.45, 2.75) is 39.2 Å². The summed E-state index contributed by atoms with van der Waals surface area (Å²) in [4.78, 5) is 37.2. The number of carbonyl (C=O) groups is 3. The second-order valence-electron chi connectivity index (χ2n) is 7.56. The van der Waals surface area contributed by atoms with Crippen LogP contribution in [0.3, 0.4) is 0 Å². The lowest BCUT2D eigenvalue weighted by Gasteiger charge is -2.25. The van der Waals surface area contributed by atoms with Gasteiger partial charge in [0, 0.05) is 17.4 Å². The quantitative estimate of drug-likeness (QED) is 0.397. The van der Waals surface area contributed by atoms with Crippen molar-refractivity contribution in [3.05, 3.63) is 47.0 Å². The highest BCUT2D eigenvalue weighted by Gasteiger charge is 2.36. The minimum Gasteiger partial charge on any atom is -0.446 e. The van der Waals surface area contributed by atoms with Gasteiger partial charge in [-0.15, -0.1) is 9.35 Å².